The van der Waals surface area contributed by atoms with Crippen LogP contribution in [0.4, 0.5) is 0 Å². The van der Waals surface area contributed by atoms with Crippen molar-refractivity contribution in [1.82, 2.24) is 4.90 Å². The number of carbonyl (C=O) groups is 1. The topological polar surface area (TPSA) is 60.8 Å². The molecule has 0 amide bonds. The van der Waals surface area contributed by atoms with Gasteiger partial charge in [-0.1, -0.05) is 19.8 Å². The molecule has 1 atom stereocenters. The molecule has 0 fully saturated rings. The Morgan fingerprint density at radius 1 is 1.33 bits per heavy atom. The SMILES string of the molecule is CCCCC(CCN(C)CCO)C(=O)O. The minimum atomic E-state index is -0.694. The van der Waals surface area contributed by atoms with Crippen LogP contribution in [0.3, 0.4) is 0 Å². The van der Waals surface area contributed by atoms with Crippen molar-refractivity contribution in [2.24, 2.45) is 5.92 Å². The molecule has 0 aliphatic rings. The first kappa shape index (κ1) is 14.4. The summed E-state index contributed by atoms with van der Waals surface area (Å²) in [6, 6.07) is 0. The zero-order valence-corrected chi connectivity index (χ0v) is 9.78. The Labute approximate surface area is 91.9 Å². The van der Waals surface area contributed by atoms with Gasteiger partial charge in [-0.05, 0) is 26.4 Å². The summed E-state index contributed by atoms with van der Waals surface area (Å²) in [5, 5.41) is 17.7. The van der Waals surface area contributed by atoms with Gasteiger partial charge in [0.05, 0.1) is 12.5 Å². The van der Waals surface area contributed by atoms with Crippen LogP contribution < -0.4 is 0 Å². The molecule has 90 valence electrons. The minimum Gasteiger partial charge on any atom is -0.481 e. The second-order valence-corrected chi connectivity index (χ2v) is 3.99. The molecule has 0 aromatic carbocycles. The van der Waals surface area contributed by atoms with E-state index in [4.69, 9.17) is 10.2 Å². The maximum Gasteiger partial charge on any atom is 0.306 e. The van der Waals surface area contributed by atoms with Crippen molar-refractivity contribution in [2.45, 2.75) is 32.6 Å². The fraction of sp³-hybridized carbons (Fsp3) is 0.909. The molecule has 0 rings (SSSR count). The summed E-state index contributed by atoms with van der Waals surface area (Å²) >= 11 is 0. The number of carboxylic acids is 1. The van der Waals surface area contributed by atoms with Gasteiger partial charge in [0.15, 0.2) is 0 Å². The molecule has 15 heavy (non-hydrogen) atoms. The molecule has 1 unspecified atom stereocenters. The molecule has 0 aromatic rings. The molecule has 4 nitrogen and oxygen atoms in total. The van der Waals surface area contributed by atoms with E-state index in [1.165, 1.54) is 0 Å². The van der Waals surface area contributed by atoms with Crippen molar-refractivity contribution in [1.29, 1.82) is 0 Å². The highest BCUT2D eigenvalue weighted by atomic mass is 16.4. The highest BCUT2D eigenvalue weighted by Crippen LogP contribution is 2.13. The van der Waals surface area contributed by atoms with Gasteiger partial charge < -0.3 is 15.1 Å². The zero-order chi connectivity index (χ0) is 11.7. The molecule has 0 heterocycles. The molecule has 0 spiro atoms. The summed E-state index contributed by atoms with van der Waals surface area (Å²) in [7, 11) is 1.90. The molecule has 4 heteroatoms. The van der Waals surface area contributed by atoms with Crippen LogP contribution in [-0.4, -0.2) is 47.8 Å². The summed E-state index contributed by atoms with van der Waals surface area (Å²) in [5.74, 6) is -0.924. The number of rotatable bonds is 9. The lowest BCUT2D eigenvalue weighted by molar-refractivity contribution is -0.142. The number of carboxylic acid groups (broad SMARTS) is 1. The summed E-state index contributed by atoms with van der Waals surface area (Å²) in [5.41, 5.74) is 0. The number of aliphatic hydroxyl groups excluding tert-OH is 1. The predicted molar refractivity (Wildman–Crippen MR) is 59.9 cm³/mol. The summed E-state index contributed by atoms with van der Waals surface area (Å²) in [4.78, 5) is 12.9. The van der Waals surface area contributed by atoms with Crippen LogP contribution in [0.25, 0.3) is 0 Å². The third-order valence-electron chi connectivity index (χ3n) is 2.60. The van der Waals surface area contributed by atoms with E-state index in [9.17, 15) is 4.79 Å². The van der Waals surface area contributed by atoms with Crippen LogP contribution in [0.15, 0.2) is 0 Å². The van der Waals surface area contributed by atoms with Gasteiger partial charge in [-0.15, -0.1) is 0 Å². The van der Waals surface area contributed by atoms with Gasteiger partial charge in [-0.3, -0.25) is 4.79 Å². The van der Waals surface area contributed by atoms with Crippen LogP contribution in [0, 0.1) is 5.92 Å². The Hall–Kier alpha value is -0.610. The van der Waals surface area contributed by atoms with Gasteiger partial charge in [0, 0.05) is 6.54 Å². The van der Waals surface area contributed by atoms with E-state index >= 15 is 0 Å². The molecule has 0 radical (unpaired) electrons. The first-order chi connectivity index (χ1) is 7.11. The second-order valence-electron chi connectivity index (χ2n) is 3.99. The van der Waals surface area contributed by atoms with Crippen molar-refractivity contribution in [3.8, 4) is 0 Å². The van der Waals surface area contributed by atoms with Crippen molar-refractivity contribution in [2.75, 3.05) is 26.7 Å². The maximum atomic E-state index is 10.9. The molecular formula is C11H23NO3. The van der Waals surface area contributed by atoms with Crippen LogP contribution in [0.1, 0.15) is 32.6 Å². The Balaban J connectivity index is 3.79. The lowest BCUT2D eigenvalue weighted by atomic mass is 9.98. The smallest absolute Gasteiger partial charge is 0.306 e. The van der Waals surface area contributed by atoms with E-state index in [1.807, 2.05) is 11.9 Å². The molecule has 0 saturated carbocycles. The van der Waals surface area contributed by atoms with Crippen molar-refractivity contribution in [3.05, 3.63) is 0 Å². The van der Waals surface area contributed by atoms with Gasteiger partial charge >= 0.3 is 5.97 Å². The standard InChI is InChI=1S/C11H23NO3/c1-3-4-5-10(11(14)15)6-7-12(2)8-9-13/h10,13H,3-9H2,1-2H3,(H,14,15). The van der Waals surface area contributed by atoms with E-state index in [1.54, 1.807) is 0 Å². The number of unbranched alkanes of at least 4 members (excludes halogenated alkanes) is 1. The zero-order valence-electron chi connectivity index (χ0n) is 9.78. The third kappa shape index (κ3) is 7.33. The Bertz CT molecular complexity index is 173. The van der Waals surface area contributed by atoms with Crippen LogP contribution in [0.2, 0.25) is 0 Å². The number of aliphatic hydroxyl groups is 1. The first-order valence-electron chi connectivity index (χ1n) is 5.64. The number of aliphatic carboxylic acids is 1. The highest BCUT2D eigenvalue weighted by molar-refractivity contribution is 5.69. The number of hydrogen-bond donors (Lipinski definition) is 2. The van der Waals surface area contributed by atoms with E-state index in [-0.39, 0.29) is 12.5 Å². The first-order valence-corrected chi connectivity index (χ1v) is 5.64. The normalized spacial score (nSPS) is 13.1. The van der Waals surface area contributed by atoms with Gasteiger partial charge in [0.1, 0.15) is 0 Å². The Kier molecular flexibility index (Phi) is 8.33. The molecule has 2 N–H and O–H groups in total. The number of hydrogen-bond acceptors (Lipinski definition) is 3. The Morgan fingerprint density at radius 2 is 2.00 bits per heavy atom. The summed E-state index contributed by atoms with van der Waals surface area (Å²) in [6.45, 7) is 3.54. The monoisotopic (exact) mass is 217 g/mol. The minimum absolute atomic E-state index is 0.128. The lowest BCUT2D eigenvalue weighted by Crippen LogP contribution is -2.27. The fourth-order valence-electron chi connectivity index (χ4n) is 1.50. The lowest BCUT2D eigenvalue weighted by Gasteiger charge is -2.18. The van der Waals surface area contributed by atoms with Gasteiger partial charge in [0.25, 0.3) is 0 Å². The van der Waals surface area contributed by atoms with Gasteiger partial charge in [-0.2, -0.15) is 0 Å². The molecule has 0 saturated heterocycles. The van der Waals surface area contributed by atoms with Crippen molar-refractivity contribution < 1.29 is 15.0 Å². The summed E-state index contributed by atoms with van der Waals surface area (Å²) in [6.07, 6.45) is 3.45. The van der Waals surface area contributed by atoms with E-state index in [0.717, 1.165) is 25.8 Å². The number of nitrogens with zero attached hydrogens (tertiary/aromatic N) is 1. The molecule has 0 bridgehead atoms. The Morgan fingerprint density at radius 3 is 2.47 bits per heavy atom. The third-order valence-corrected chi connectivity index (χ3v) is 2.60. The molecule has 0 aliphatic carbocycles. The van der Waals surface area contributed by atoms with Crippen molar-refractivity contribution >= 4 is 5.97 Å². The fourth-order valence-corrected chi connectivity index (χ4v) is 1.50. The molecule has 0 aromatic heterocycles. The number of likely N-dealkylation sites (N-methyl/N-ethyl adjacent to an activating group) is 1. The second kappa shape index (κ2) is 8.68. The van der Waals surface area contributed by atoms with Gasteiger partial charge in [-0.25, -0.2) is 0 Å². The van der Waals surface area contributed by atoms with Crippen LogP contribution in [-0.2, 0) is 4.79 Å². The average Bonchev–Trinajstić information content (AvgIpc) is 2.17. The predicted octanol–water partition coefficient (Wildman–Crippen LogP) is 1.19. The summed E-state index contributed by atoms with van der Waals surface area (Å²) < 4.78 is 0. The van der Waals surface area contributed by atoms with Crippen molar-refractivity contribution in [3.63, 3.8) is 0 Å². The van der Waals surface area contributed by atoms with E-state index in [2.05, 4.69) is 6.92 Å². The highest BCUT2D eigenvalue weighted by Gasteiger charge is 2.16. The largest absolute Gasteiger partial charge is 0.481 e. The van der Waals surface area contributed by atoms with Crippen LogP contribution >= 0.6 is 0 Å². The maximum absolute atomic E-state index is 10.9. The van der Waals surface area contributed by atoms with E-state index < -0.39 is 5.97 Å². The van der Waals surface area contributed by atoms with Gasteiger partial charge in [0.2, 0.25) is 0 Å². The average molecular weight is 217 g/mol. The van der Waals surface area contributed by atoms with Crippen LogP contribution in [0.5, 0.6) is 0 Å². The molecule has 0 aliphatic heterocycles. The molecular weight excluding hydrogens is 194 g/mol. The quantitative estimate of drug-likeness (QED) is 0.609. The van der Waals surface area contributed by atoms with E-state index in [0.29, 0.717) is 13.0 Å².